The van der Waals surface area contributed by atoms with E-state index in [1.54, 1.807) is 11.1 Å². The summed E-state index contributed by atoms with van der Waals surface area (Å²) in [5.41, 5.74) is 0.931. The molecule has 2 aliphatic rings. The van der Waals surface area contributed by atoms with Gasteiger partial charge in [0.1, 0.15) is 0 Å². The first kappa shape index (κ1) is 6.27. The number of carbonyl (C=O) groups excluding carboxylic acids is 1. The molecule has 0 radical (unpaired) electrons. The molecule has 0 aromatic carbocycles. The number of allylic oxidation sites excluding steroid dienone is 1. The van der Waals surface area contributed by atoms with Crippen LogP contribution in [0.3, 0.4) is 0 Å². The Morgan fingerprint density at radius 2 is 2.45 bits per heavy atom. The van der Waals surface area contributed by atoms with Crippen LogP contribution in [0.15, 0.2) is 24.2 Å². The van der Waals surface area contributed by atoms with Gasteiger partial charge in [0.15, 0.2) is 0 Å². The van der Waals surface area contributed by atoms with Crippen LogP contribution in [-0.2, 0) is 0 Å². The number of fused-ring (bicyclic) bond motifs is 1. The van der Waals surface area contributed by atoms with Crippen LogP contribution < -0.4 is 10.6 Å². The third-order valence-electron chi connectivity index (χ3n) is 1.75. The van der Waals surface area contributed by atoms with Crippen molar-refractivity contribution in [2.45, 2.75) is 0 Å². The number of rotatable bonds is 0. The molecular formula is C7H9N3O. The van der Waals surface area contributed by atoms with Crippen LogP contribution in [0, 0.1) is 0 Å². The summed E-state index contributed by atoms with van der Waals surface area (Å²) < 4.78 is 0. The molecule has 0 spiro atoms. The SMILES string of the molecule is O=C1NC=CC2=CNCCN12. The summed E-state index contributed by atoms with van der Waals surface area (Å²) in [7, 11) is 0. The monoisotopic (exact) mass is 151 g/mol. The van der Waals surface area contributed by atoms with Gasteiger partial charge in [-0.3, -0.25) is 4.90 Å². The van der Waals surface area contributed by atoms with E-state index < -0.39 is 0 Å². The lowest BCUT2D eigenvalue weighted by Crippen LogP contribution is -2.45. The predicted molar refractivity (Wildman–Crippen MR) is 40.5 cm³/mol. The minimum atomic E-state index is -0.0414. The van der Waals surface area contributed by atoms with Crippen LogP contribution in [0.25, 0.3) is 0 Å². The minimum absolute atomic E-state index is 0.0414. The van der Waals surface area contributed by atoms with Crippen molar-refractivity contribution in [3.8, 4) is 0 Å². The van der Waals surface area contributed by atoms with E-state index in [1.165, 1.54) is 0 Å². The number of nitrogens with one attached hydrogen (secondary N) is 2. The molecule has 0 atom stereocenters. The summed E-state index contributed by atoms with van der Waals surface area (Å²) in [6.45, 7) is 1.56. The van der Waals surface area contributed by atoms with Crippen molar-refractivity contribution >= 4 is 6.03 Å². The number of nitrogens with zero attached hydrogens (tertiary/aromatic N) is 1. The molecule has 0 fully saturated rings. The molecule has 0 aliphatic carbocycles. The Morgan fingerprint density at radius 1 is 1.55 bits per heavy atom. The van der Waals surface area contributed by atoms with Crippen LogP contribution in [0.1, 0.15) is 0 Å². The van der Waals surface area contributed by atoms with Gasteiger partial charge in [0.2, 0.25) is 0 Å². The Bertz CT molecular complexity index is 244. The molecule has 0 unspecified atom stereocenters. The van der Waals surface area contributed by atoms with Crippen molar-refractivity contribution in [2.24, 2.45) is 0 Å². The first-order chi connectivity index (χ1) is 5.38. The summed E-state index contributed by atoms with van der Waals surface area (Å²) in [5.74, 6) is 0. The van der Waals surface area contributed by atoms with E-state index in [9.17, 15) is 4.79 Å². The molecule has 4 nitrogen and oxygen atoms in total. The van der Waals surface area contributed by atoms with Gasteiger partial charge in [0.05, 0.1) is 5.70 Å². The third-order valence-corrected chi connectivity index (χ3v) is 1.75. The molecule has 0 saturated heterocycles. The van der Waals surface area contributed by atoms with Crippen molar-refractivity contribution in [1.82, 2.24) is 15.5 Å². The fraction of sp³-hybridized carbons (Fsp3) is 0.286. The Labute approximate surface area is 64.6 Å². The number of urea groups is 1. The molecular weight excluding hydrogens is 142 g/mol. The first-order valence-corrected chi connectivity index (χ1v) is 3.56. The minimum Gasteiger partial charge on any atom is -0.387 e. The molecule has 2 heterocycles. The molecule has 58 valence electrons. The van der Waals surface area contributed by atoms with Crippen LogP contribution in [0.4, 0.5) is 4.79 Å². The van der Waals surface area contributed by atoms with Gasteiger partial charge in [-0.1, -0.05) is 0 Å². The molecule has 0 aromatic rings. The second kappa shape index (κ2) is 2.30. The lowest BCUT2D eigenvalue weighted by molar-refractivity contribution is 0.212. The molecule has 0 saturated carbocycles. The van der Waals surface area contributed by atoms with Crippen LogP contribution in [-0.4, -0.2) is 24.0 Å². The summed E-state index contributed by atoms with van der Waals surface area (Å²) in [5, 5.41) is 5.69. The molecule has 4 heteroatoms. The smallest absolute Gasteiger partial charge is 0.325 e. The maximum absolute atomic E-state index is 11.1. The van der Waals surface area contributed by atoms with E-state index in [0.29, 0.717) is 0 Å². The zero-order chi connectivity index (χ0) is 7.68. The van der Waals surface area contributed by atoms with Gasteiger partial charge in [-0.2, -0.15) is 0 Å². The van der Waals surface area contributed by atoms with E-state index in [1.807, 2.05) is 12.3 Å². The maximum Gasteiger partial charge on any atom is 0.325 e. The highest BCUT2D eigenvalue weighted by atomic mass is 16.2. The topological polar surface area (TPSA) is 44.4 Å². The zero-order valence-corrected chi connectivity index (χ0v) is 6.00. The molecule has 0 bridgehead atoms. The van der Waals surface area contributed by atoms with Gasteiger partial charge in [0.25, 0.3) is 0 Å². The Morgan fingerprint density at radius 3 is 3.27 bits per heavy atom. The quantitative estimate of drug-likeness (QED) is 0.510. The molecule has 2 amide bonds. The Hall–Kier alpha value is -1.45. The fourth-order valence-electron chi connectivity index (χ4n) is 1.19. The van der Waals surface area contributed by atoms with Crippen molar-refractivity contribution in [2.75, 3.05) is 13.1 Å². The summed E-state index contributed by atoms with van der Waals surface area (Å²) in [6.07, 6.45) is 5.37. The fourth-order valence-corrected chi connectivity index (χ4v) is 1.19. The average molecular weight is 151 g/mol. The number of hydrogen-bond acceptors (Lipinski definition) is 2. The van der Waals surface area contributed by atoms with E-state index in [2.05, 4.69) is 10.6 Å². The molecule has 2 rings (SSSR count). The highest BCUT2D eigenvalue weighted by Crippen LogP contribution is 2.11. The van der Waals surface area contributed by atoms with E-state index in [4.69, 9.17) is 0 Å². The molecule has 2 aliphatic heterocycles. The molecule has 0 aromatic heterocycles. The normalized spacial score (nSPS) is 21.6. The van der Waals surface area contributed by atoms with Crippen LogP contribution >= 0.6 is 0 Å². The van der Waals surface area contributed by atoms with Gasteiger partial charge in [-0.05, 0) is 6.08 Å². The van der Waals surface area contributed by atoms with Crippen LogP contribution in [0.5, 0.6) is 0 Å². The standard InChI is InChI=1S/C7H9N3O/c11-7-9-2-1-6-5-8-3-4-10(6)7/h1-2,5,8H,3-4H2,(H,9,11). The van der Waals surface area contributed by atoms with Gasteiger partial charge in [-0.15, -0.1) is 0 Å². The summed E-state index contributed by atoms with van der Waals surface area (Å²) in [6, 6.07) is -0.0414. The largest absolute Gasteiger partial charge is 0.387 e. The van der Waals surface area contributed by atoms with Crippen LogP contribution in [0.2, 0.25) is 0 Å². The van der Waals surface area contributed by atoms with E-state index >= 15 is 0 Å². The lowest BCUT2D eigenvalue weighted by atomic mass is 10.3. The van der Waals surface area contributed by atoms with Crippen molar-refractivity contribution in [3.63, 3.8) is 0 Å². The highest BCUT2D eigenvalue weighted by Gasteiger charge is 2.20. The number of carbonyl (C=O) groups is 1. The lowest BCUT2D eigenvalue weighted by Gasteiger charge is -2.29. The predicted octanol–water partition coefficient (Wildman–Crippen LogP) is -0.0301. The van der Waals surface area contributed by atoms with Crippen molar-refractivity contribution in [3.05, 3.63) is 24.2 Å². The van der Waals surface area contributed by atoms with Crippen molar-refractivity contribution < 1.29 is 4.79 Å². The molecule has 2 N–H and O–H groups in total. The molecule has 11 heavy (non-hydrogen) atoms. The highest BCUT2D eigenvalue weighted by molar-refractivity contribution is 5.79. The first-order valence-electron chi connectivity index (χ1n) is 3.56. The summed E-state index contributed by atoms with van der Waals surface area (Å²) >= 11 is 0. The second-order valence-corrected chi connectivity index (χ2v) is 2.46. The van der Waals surface area contributed by atoms with E-state index in [-0.39, 0.29) is 6.03 Å². The van der Waals surface area contributed by atoms with E-state index in [0.717, 1.165) is 18.8 Å². The summed E-state index contributed by atoms with van der Waals surface area (Å²) in [4.78, 5) is 12.8. The van der Waals surface area contributed by atoms with Gasteiger partial charge < -0.3 is 10.6 Å². The second-order valence-electron chi connectivity index (χ2n) is 2.46. The number of amides is 2. The Balaban J connectivity index is 2.31. The maximum atomic E-state index is 11.1. The van der Waals surface area contributed by atoms with Gasteiger partial charge in [0, 0.05) is 25.5 Å². The zero-order valence-electron chi connectivity index (χ0n) is 6.00. The van der Waals surface area contributed by atoms with Crippen molar-refractivity contribution in [1.29, 1.82) is 0 Å². The van der Waals surface area contributed by atoms with Gasteiger partial charge >= 0.3 is 6.03 Å². The average Bonchev–Trinajstić information content (AvgIpc) is 2.06. The Kier molecular flexibility index (Phi) is 1.31. The van der Waals surface area contributed by atoms with Gasteiger partial charge in [-0.25, -0.2) is 4.79 Å². The number of hydrogen-bond donors (Lipinski definition) is 2. The third kappa shape index (κ3) is 0.960.